The van der Waals surface area contributed by atoms with E-state index in [1.807, 2.05) is 0 Å². The maximum atomic E-state index is 12.2. The van der Waals surface area contributed by atoms with Gasteiger partial charge in [0, 0.05) is 25.0 Å². The van der Waals surface area contributed by atoms with Crippen LogP contribution in [-0.2, 0) is 24.7 Å². The molecule has 1 saturated heterocycles. The molecule has 1 atom stereocenters. The van der Waals surface area contributed by atoms with Crippen LogP contribution in [0.5, 0.6) is 0 Å². The Hall–Kier alpha value is -2.42. The number of nitrogens with one attached hydrogen (secondary N) is 1. The van der Waals surface area contributed by atoms with Crippen LogP contribution >= 0.6 is 0 Å². The monoisotopic (exact) mass is 399 g/mol. The SMILES string of the molecule is CN(/C=C(/C#N)C(=O)Nc1cccc(S(=O)(=O)O)c1)C1CCS(=O)(=O)C1. The van der Waals surface area contributed by atoms with Gasteiger partial charge in [-0.15, -0.1) is 0 Å². The summed E-state index contributed by atoms with van der Waals surface area (Å²) in [6.07, 6.45) is 1.67. The highest BCUT2D eigenvalue weighted by molar-refractivity contribution is 7.91. The van der Waals surface area contributed by atoms with Crippen LogP contribution in [0.1, 0.15) is 6.42 Å². The van der Waals surface area contributed by atoms with Gasteiger partial charge in [0.1, 0.15) is 11.6 Å². The Labute approximate surface area is 151 Å². The number of anilines is 1. The molecule has 140 valence electrons. The Morgan fingerprint density at radius 2 is 2.15 bits per heavy atom. The first-order valence-electron chi connectivity index (χ1n) is 7.45. The van der Waals surface area contributed by atoms with Crippen molar-refractivity contribution in [3.63, 3.8) is 0 Å². The van der Waals surface area contributed by atoms with Gasteiger partial charge in [-0.2, -0.15) is 13.7 Å². The van der Waals surface area contributed by atoms with Crippen LogP contribution < -0.4 is 5.32 Å². The van der Waals surface area contributed by atoms with Crippen LogP contribution in [0.15, 0.2) is 40.9 Å². The van der Waals surface area contributed by atoms with Gasteiger partial charge in [0.2, 0.25) is 0 Å². The average molecular weight is 399 g/mol. The van der Waals surface area contributed by atoms with Crippen molar-refractivity contribution in [3.05, 3.63) is 36.0 Å². The number of hydrogen-bond donors (Lipinski definition) is 2. The second-order valence-electron chi connectivity index (χ2n) is 5.83. The molecule has 9 nitrogen and oxygen atoms in total. The molecule has 1 fully saturated rings. The van der Waals surface area contributed by atoms with Crippen LogP contribution in [-0.4, -0.2) is 56.8 Å². The highest BCUT2D eigenvalue weighted by atomic mass is 32.2. The Balaban J connectivity index is 2.15. The number of carbonyl (C=O) groups excluding carboxylic acids is 1. The third-order valence-corrected chi connectivity index (χ3v) is 6.47. The van der Waals surface area contributed by atoms with Crippen molar-refractivity contribution in [1.82, 2.24) is 4.90 Å². The Morgan fingerprint density at radius 3 is 2.69 bits per heavy atom. The molecule has 1 amide bonds. The molecule has 0 aromatic heterocycles. The summed E-state index contributed by atoms with van der Waals surface area (Å²) in [5, 5.41) is 11.6. The molecule has 1 aromatic carbocycles. The zero-order valence-electron chi connectivity index (χ0n) is 13.8. The zero-order chi connectivity index (χ0) is 19.5. The molecule has 1 unspecified atom stereocenters. The number of sulfone groups is 1. The molecule has 2 rings (SSSR count). The highest BCUT2D eigenvalue weighted by Gasteiger charge is 2.30. The molecule has 0 spiro atoms. The fourth-order valence-corrected chi connectivity index (χ4v) is 4.79. The summed E-state index contributed by atoms with van der Waals surface area (Å²) in [6, 6.07) is 6.34. The summed E-state index contributed by atoms with van der Waals surface area (Å²) < 4.78 is 54.3. The molecule has 0 aliphatic carbocycles. The maximum absolute atomic E-state index is 12.2. The van der Waals surface area contributed by atoms with Crippen LogP contribution in [0, 0.1) is 11.3 Å². The minimum absolute atomic E-state index is 0.0449. The van der Waals surface area contributed by atoms with Crippen molar-refractivity contribution >= 4 is 31.5 Å². The van der Waals surface area contributed by atoms with Crippen LogP contribution in [0.2, 0.25) is 0 Å². The first-order valence-corrected chi connectivity index (χ1v) is 10.7. The number of nitrogens with zero attached hydrogens (tertiary/aromatic N) is 2. The quantitative estimate of drug-likeness (QED) is 0.411. The predicted molar refractivity (Wildman–Crippen MR) is 93.4 cm³/mol. The molecule has 1 heterocycles. The summed E-state index contributed by atoms with van der Waals surface area (Å²) in [5.41, 5.74) is -0.188. The molecule has 0 saturated carbocycles. The molecule has 26 heavy (non-hydrogen) atoms. The van der Waals surface area contributed by atoms with Gasteiger partial charge in [-0.1, -0.05) is 6.07 Å². The number of nitriles is 1. The van der Waals surface area contributed by atoms with E-state index in [0.717, 1.165) is 12.1 Å². The lowest BCUT2D eigenvalue weighted by molar-refractivity contribution is -0.112. The number of amides is 1. The maximum Gasteiger partial charge on any atom is 0.294 e. The molecule has 11 heteroatoms. The van der Waals surface area contributed by atoms with E-state index in [9.17, 15) is 26.9 Å². The van der Waals surface area contributed by atoms with Crippen LogP contribution in [0.25, 0.3) is 0 Å². The third-order valence-electron chi connectivity index (χ3n) is 3.87. The fraction of sp³-hybridized carbons (Fsp3) is 0.333. The van der Waals surface area contributed by atoms with E-state index in [-0.39, 0.29) is 28.8 Å². The summed E-state index contributed by atoms with van der Waals surface area (Å²) in [6.45, 7) is 0. The van der Waals surface area contributed by atoms with E-state index >= 15 is 0 Å². The first kappa shape index (κ1) is 19.9. The van der Waals surface area contributed by atoms with Gasteiger partial charge in [-0.25, -0.2) is 8.42 Å². The average Bonchev–Trinajstić information content (AvgIpc) is 2.92. The predicted octanol–water partition coefficient (Wildman–Crippen LogP) is 0.398. The molecule has 1 aliphatic rings. The second-order valence-corrected chi connectivity index (χ2v) is 9.48. The minimum atomic E-state index is -4.42. The van der Waals surface area contributed by atoms with E-state index in [2.05, 4.69) is 5.32 Å². The van der Waals surface area contributed by atoms with Gasteiger partial charge in [0.15, 0.2) is 9.84 Å². The van der Waals surface area contributed by atoms with Gasteiger partial charge < -0.3 is 10.2 Å². The Kier molecular flexibility index (Phi) is 5.70. The van der Waals surface area contributed by atoms with Gasteiger partial charge in [0.25, 0.3) is 16.0 Å². The topological polar surface area (TPSA) is 145 Å². The van der Waals surface area contributed by atoms with Crippen molar-refractivity contribution in [2.45, 2.75) is 17.4 Å². The molecule has 1 aliphatic heterocycles. The van der Waals surface area contributed by atoms with E-state index in [0.29, 0.717) is 6.42 Å². The summed E-state index contributed by atoms with van der Waals surface area (Å²) in [7, 11) is -5.95. The Bertz CT molecular complexity index is 992. The summed E-state index contributed by atoms with van der Waals surface area (Å²) in [5.74, 6) is -0.768. The number of benzene rings is 1. The third kappa shape index (κ3) is 5.04. The molecular weight excluding hydrogens is 382 g/mol. The standard InChI is InChI=1S/C15H17N3O6S2/c1-18(13-5-6-25(20,21)10-13)9-11(8-16)15(19)17-12-3-2-4-14(7-12)26(22,23)24/h2-4,7,9,13H,5-6,10H2,1H3,(H,17,19)(H,22,23,24)/b11-9-. The van der Waals surface area contributed by atoms with Gasteiger partial charge >= 0.3 is 0 Å². The van der Waals surface area contributed by atoms with Crippen molar-refractivity contribution in [1.29, 1.82) is 5.26 Å². The normalized spacial score (nSPS) is 19.6. The van der Waals surface area contributed by atoms with Crippen molar-refractivity contribution in [3.8, 4) is 6.07 Å². The van der Waals surface area contributed by atoms with Crippen LogP contribution in [0.4, 0.5) is 5.69 Å². The minimum Gasteiger partial charge on any atom is -0.375 e. The fourth-order valence-electron chi connectivity index (χ4n) is 2.48. The Morgan fingerprint density at radius 1 is 1.46 bits per heavy atom. The van der Waals surface area contributed by atoms with Gasteiger partial charge in [-0.3, -0.25) is 9.35 Å². The van der Waals surface area contributed by atoms with Crippen molar-refractivity contribution < 1.29 is 26.2 Å². The van der Waals surface area contributed by atoms with Crippen LogP contribution in [0.3, 0.4) is 0 Å². The number of hydrogen-bond acceptors (Lipinski definition) is 7. The number of rotatable bonds is 5. The lowest BCUT2D eigenvalue weighted by atomic mass is 10.2. The largest absolute Gasteiger partial charge is 0.375 e. The summed E-state index contributed by atoms with van der Waals surface area (Å²) in [4.78, 5) is 13.3. The smallest absolute Gasteiger partial charge is 0.294 e. The molecular formula is C15H17N3O6S2. The molecule has 1 aromatic rings. The van der Waals surface area contributed by atoms with E-state index in [1.54, 1.807) is 13.1 Å². The lowest BCUT2D eigenvalue weighted by Gasteiger charge is -2.21. The molecule has 0 bridgehead atoms. The highest BCUT2D eigenvalue weighted by Crippen LogP contribution is 2.19. The van der Waals surface area contributed by atoms with Crippen molar-refractivity contribution in [2.24, 2.45) is 0 Å². The molecule has 0 radical (unpaired) electrons. The van der Waals surface area contributed by atoms with Gasteiger partial charge in [0.05, 0.1) is 16.4 Å². The zero-order valence-corrected chi connectivity index (χ0v) is 15.4. The van der Waals surface area contributed by atoms with Gasteiger partial charge in [-0.05, 0) is 24.6 Å². The lowest BCUT2D eigenvalue weighted by Crippen LogP contribution is -2.29. The van der Waals surface area contributed by atoms with Crippen molar-refractivity contribution in [2.75, 3.05) is 23.9 Å². The second kappa shape index (κ2) is 7.45. The molecule has 2 N–H and O–H groups in total. The van der Waals surface area contributed by atoms with E-state index in [1.165, 1.54) is 23.2 Å². The number of carbonyl (C=O) groups is 1. The van der Waals surface area contributed by atoms with E-state index in [4.69, 9.17) is 4.55 Å². The van der Waals surface area contributed by atoms with E-state index < -0.39 is 30.8 Å². The first-order chi connectivity index (χ1) is 12.0. The summed E-state index contributed by atoms with van der Waals surface area (Å²) >= 11 is 0.